The number of ether oxygens (including phenoxy) is 1. The van der Waals surface area contributed by atoms with E-state index in [4.69, 9.17) is 4.74 Å². The van der Waals surface area contributed by atoms with Gasteiger partial charge in [0.25, 0.3) is 0 Å². The van der Waals surface area contributed by atoms with Gasteiger partial charge in [0.15, 0.2) is 0 Å². The Balaban J connectivity index is 2.21. The molecule has 0 amide bonds. The first kappa shape index (κ1) is 17.7. The van der Waals surface area contributed by atoms with Gasteiger partial charge in [-0.2, -0.15) is 0 Å². The lowest BCUT2D eigenvalue weighted by Gasteiger charge is -2.17. The highest BCUT2D eigenvalue weighted by molar-refractivity contribution is 5.36. The molecule has 1 aromatic rings. The fraction of sp³-hybridized carbons (Fsp3) is 0.750. The summed E-state index contributed by atoms with van der Waals surface area (Å²) < 4.78 is 5.58. The quantitative estimate of drug-likeness (QED) is 0.600. The summed E-state index contributed by atoms with van der Waals surface area (Å²) in [6.45, 7) is 11.7. The molecule has 120 valence electrons. The average Bonchev–Trinajstić information content (AvgIpc) is 2.52. The maximum atomic E-state index is 5.58. The van der Waals surface area contributed by atoms with E-state index in [1.54, 1.807) is 6.33 Å². The van der Waals surface area contributed by atoms with Crippen LogP contribution in [0.25, 0.3) is 0 Å². The third-order valence-electron chi connectivity index (χ3n) is 3.49. The molecule has 0 aliphatic rings. The van der Waals surface area contributed by atoms with Crippen LogP contribution < -0.4 is 10.1 Å². The van der Waals surface area contributed by atoms with Crippen LogP contribution in [0.15, 0.2) is 12.4 Å². The topological polar surface area (TPSA) is 50.3 Å². The van der Waals surface area contributed by atoms with Crippen molar-refractivity contribution >= 4 is 5.82 Å². The molecule has 5 heteroatoms. The second-order valence-electron chi connectivity index (χ2n) is 5.10. The summed E-state index contributed by atoms with van der Waals surface area (Å²) in [5, 5.41) is 3.34. The van der Waals surface area contributed by atoms with Gasteiger partial charge >= 0.3 is 0 Å². The Morgan fingerprint density at radius 2 is 1.90 bits per heavy atom. The standard InChI is InChI=1S/C16H30N4O/c1-4-7-12-21-16-13-15(18-14-19-16)17-10-8-9-11-20(5-2)6-3/h13-14H,4-12H2,1-3H3,(H,17,18,19). The van der Waals surface area contributed by atoms with Gasteiger partial charge in [-0.25, -0.2) is 9.97 Å². The SMILES string of the molecule is CCCCOc1cc(NCCCCN(CC)CC)ncn1. The minimum Gasteiger partial charge on any atom is -0.478 e. The van der Waals surface area contributed by atoms with E-state index >= 15 is 0 Å². The van der Waals surface area contributed by atoms with Gasteiger partial charge in [0, 0.05) is 12.6 Å². The smallest absolute Gasteiger partial charge is 0.218 e. The monoisotopic (exact) mass is 294 g/mol. The molecule has 0 aliphatic heterocycles. The summed E-state index contributed by atoms with van der Waals surface area (Å²) in [4.78, 5) is 10.8. The molecular weight excluding hydrogens is 264 g/mol. The number of rotatable bonds is 12. The van der Waals surface area contributed by atoms with Crippen LogP contribution in [0, 0.1) is 0 Å². The summed E-state index contributed by atoms with van der Waals surface area (Å²) in [6, 6.07) is 1.88. The van der Waals surface area contributed by atoms with Crippen LogP contribution in [0.4, 0.5) is 5.82 Å². The molecule has 21 heavy (non-hydrogen) atoms. The Morgan fingerprint density at radius 3 is 2.62 bits per heavy atom. The lowest BCUT2D eigenvalue weighted by molar-refractivity contribution is 0.297. The number of anilines is 1. The number of hydrogen-bond donors (Lipinski definition) is 1. The molecule has 5 nitrogen and oxygen atoms in total. The molecule has 0 aromatic carbocycles. The predicted molar refractivity (Wildman–Crippen MR) is 87.9 cm³/mol. The van der Waals surface area contributed by atoms with Crippen molar-refractivity contribution in [1.82, 2.24) is 14.9 Å². The molecule has 1 N–H and O–H groups in total. The number of nitrogens with one attached hydrogen (secondary N) is 1. The van der Waals surface area contributed by atoms with E-state index in [0.29, 0.717) is 5.88 Å². The molecule has 0 saturated heterocycles. The fourth-order valence-corrected chi connectivity index (χ4v) is 2.05. The molecule has 0 radical (unpaired) electrons. The Labute approximate surface area is 129 Å². The summed E-state index contributed by atoms with van der Waals surface area (Å²) in [7, 11) is 0. The van der Waals surface area contributed by atoms with Crippen molar-refractivity contribution in [1.29, 1.82) is 0 Å². The zero-order chi connectivity index (χ0) is 15.3. The fourth-order valence-electron chi connectivity index (χ4n) is 2.05. The summed E-state index contributed by atoms with van der Waals surface area (Å²) >= 11 is 0. The Morgan fingerprint density at radius 1 is 1.10 bits per heavy atom. The first-order valence-electron chi connectivity index (χ1n) is 8.21. The van der Waals surface area contributed by atoms with E-state index in [0.717, 1.165) is 51.3 Å². The van der Waals surface area contributed by atoms with Crippen molar-refractivity contribution in [3.63, 3.8) is 0 Å². The van der Waals surface area contributed by atoms with E-state index in [1.165, 1.54) is 13.0 Å². The van der Waals surface area contributed by atoms with E-state index in [2.05, 4.69) is 41.0 Å². The van der Waals surface area contributed by atoms with Crippen LogP contribution in [0.3, 0.4) is 0 Å². The van der Waals surface area contributed by atoms with E-state index in [9.17, 15) is 0 Å². The van der Waals surface area contributed by atoms with Crippen molar-refractivity contribution in [3.8, 4) is 5.88 Å². The molecule has 0 atom stereocenters. The average molecular weight is 294 g/mol. The van der Waals surface area contributed by atoms with Gasteiger partial charge in [-0.05, 0) is 38.9 Å². The molecule has 0 fully saturated rings. The summed E-state index contributed by atoms with van der Waals surface area (Å²) in [5.74, 6) is 1.50. The van der Waals surface area contributed by atoms with Gasteiger partial charge in [-0.1, -0.05) is 27.2 Å². The summed E-state index contributed by atoms with van der Waals surface area (Å²) in [6.07, 6.45) is 6.09. The van der Waals surface area contributed by atoms with Crippen molar-refractivity contribution in [2.75, 3.05) is 38.1 Å². The van der Waals surface area contributed by atoms with Crippen LogP contribution in [-0.4, -0.2) is 47.7 Å². The molecule has 0 bridgehead atoms. The second-order valence-corrected chi connectivity index (χ2v) is 5.10. The van der Waals surface area contributed by atoms with Gasteiger partial charge in [-0.3, -0.25) is 0 Å². The summed E-state index contributed by atoms with van der Waals surface area (Å²) in [5.41, 5.74) is 0. The van der Waals surface area contributed by atoms with E-state index in [-0.39, 0.29) is 0 Å². The van der Waals surface area contributed by atoms with Crippen LogP contribution in [0.5, 0.6) is 5.88 Å². The van der Waals surface area contributed by atoms with Crippen LogP contribution >= 0.6 is 0 Å². The highest BCUT2D eigenvalue weighted by Gasteiger charge is 2.01. The molecule has 1 rings (SSSR count). The number of nitrogens with zero attached hydrogens (tertiary/aromatic N) is 3. The predicted octanol–water partition coefficient (Wildman–Crippen LogP) is 3.19. The van der Waals surface area contributed by atoms with Crippen LogP contribution in [0.1, 0.15) is 46.5 Å². The van der Waals surface area contributed by atoms with Crippen molar-refractivity contribution in [2.45, 2.75) is 46.5 Å². The van der Waals surface area contributed by atoms with Crippen molar-refractivity contribution in [3.05, 3.63) is 12.4 Å². The van der Waals surface area contributed by atoms with Gasteiger partial charge in [-0.15, -0.1) is 0 Å². The number of aromatic nitrogens is 2. The molecule has 1 heterocycles. The Kier molecular flexibility index (Phi) is 9.53. The van der Waals surface area contributed by atoms with E-state index in [1.807, 2.05) is 6.07 Å². The molecule has 0 spiro atoms. The molecule has 0 saturated carbocycles. The second kappa shape index (κ2) is 11.3. The van der Waals surface area contributed by atoms with Gasteiger partial charge < -0.3 is 15.0 Å². The highest BCUT2D eigenvalue weighted by atomic mass is 16.5. The first-order chi connectivity index (χ1) is 10.3. The number of unbranched alkanes of at least 4 members (excludes halogenated alkanes) is 2. The van der Waals surface area contributed by atoms with Gasteiger partial charge in [0.2, 0.25) is 5.88 Å². The minimum absolute atomic E-state index is 0.657. The third-order valence-corrected chi connectivity index (χ3v) is 3.49. The zero-order valence-corrected chi connectivity index (χ0v) is 13.8. The largest absolute Gasteiger partial charge is 0.478 e. The molecule has 0 aliphatic carbocycles. The normalized spacial score (nSPS) is 10.9. The molecule has 0 unspecified atom stereocenters. The van der Waals surface area contributed by atoms with E-state index < -0.39 is 0 Å². The lowest BCUT2D eigenvalue weighted by atomic mass is 10.3. The van der Waals surface area contributed by atoms with Gasteiger partial charge in [0.1, 0.15) is 12.1 Å². The van der Waals surface area contributed by atoms with Gasteiger partial charge in [0.05, 0.1) is 6.61 Å². The first-order valence-corrected chi connectivity index (χ1v) is 8.21. The molecule has 1 aromatic heterocycles. The van der Waals surface area contributed by atoms with Crippen molar-refractivity contribution in [2.24, 2.45) is 0 Å². The third kappa shape index (κ3) is 7.85. The van der Waals surface area contributed by atoms with Crippen LogP contribution in [-0.2, 0) is 0 Å². The molecular formula is C16H30N4O. The highest BCUT2D eigenvalue weighted by Crippen LogP contribution is 2.11. The maximum Gasteiger partial charge on any atom is 0.218 e. The zero-order valence-electron chi connectivity index (χ0n) is 13.8. The van der Waals surface area contributed by atoms with Crippen LogP contribution in [0.2, 0.25) is 0 Å². The minimum atomic E-state index is 0.657. The van der Waals surface area contributed by atoms with Crippen molar-refractivity contribution < 1.29 is 4.74 Å². The maximum absolute atomic E-state index is 5.58. The number of hydrogen-bond acceptors (Lipinski definition) is 5. The Bertz CT molecular complexity index is 369. The lowest BCUT2D eigenvalue weighted by Crippen LogP contribution is -2.24. The Hall–Kier alpha value is -1.36.